The first-order valence-electron chi connectivity index (χ1n) is 13.7. The molecule has 0 saturated carbocycles. The third kappa shape index (κ3) is 11.4. The van der Waals surface area contributed by atoms with E-state index in [0.717, 1.165) is 38.8 Å². The summed E-state index contributed by atoms with van der Waals surface area (Å²) < 4.78 is 26.2. The van der Waals surface area contributed by atoms with E-state index in [0.29, 0.717) is 25.6 Å². The van der Waals surface area contributed by atoms with Gasteiger partial charge in [0.2, 0.25) is 10.6 Å². The van der Waals surface area contributed by atoms with Crippen molar-refractivity contribution in [3.8, 4) is 22.5 Å². The maximum atomic E-state index is 12.8. The third-order valence-electron chi connectivity index (χ3n) is 6.28. The summed E-state index contributed by atoms with van der Waals surface area (Å²) in [6.45, 7) is 6.92. The van der Waals surface area contributed by atoms with Gasteiger partial charge in [0.1, 0.15) is 25.3 Å². The summed E-state index contributed by atoms with van der Waals surface area (Å²) in [4.78, 5) is 23.9. The Kier molecular flexibility index (Phi) is 14.0. The fourth-order valence-electron chi connectivity index (χ4n) is 4.01. The molecule has 0 atom stereocenters. The number of benzene rings is 2. The second kappa shape index (κ2) is 17.3. The molecule has 0 saturated heterocycles. The Morgan fingerprint density at radius 2 is 1.22 bits per heavy atom. The van der Waals surface area contributed by atoms with Crippen LogP contribution in [0.2, 0.25) is 15.7 Å². The summed E-state index contributed by atoms with van der Waals surface area (Å²) in [6, 6.07) is 11.3. The molecule has 4 aromatic heterocycles. The van der Waals surface area contributed by atoms with E-state index in [-0.39, 0.29) is 10.6 Å². The maximum absolute atomic E-state index is 12.8. The lowest BCUT2D eigenvalue weighted by atomic mass is 10.1. The predicted octanol–water partition coefficient (Wildman–Crippen LogP) is 10.2. The van der Waals surface area contributed by atoms with Crippen LogP contribution in [-0.4, -0.2) is 56.6 Å². The van der Waals surface area contributed by atoms with Gasteiger partial charge < -0.3 is 20.2 Å². The van der Waals surface area contributed by atoms with Crippen molar-refractivity contribution in [1.82, 2.24) is 29.9 Å². The van der Waals surface area contributed by atoms with Crippen molar-refractivity contribution < 1.29 is 9.13 Å². The van der Waals surface area contributed by atoms with Crippen molar-refractivity contribution in [3.63, 3.8) is 0 Å². The molecule has 0 radical (unpaired) electrons. The molecule has 0 spiro atoms. The number of hydrogen-bond donors (Lipinski definition) is 2. The van der Waals surface area contributed by atoms with Crippen LogP contribution in [0.1, 0.15) is 0 Å². The van der Waals surface area contributed by atoms with E-state index in [1.165, 1.54) is 17.5 Å². The molecule has 0 unspecified atom stereocenters. The molecule has 256 valence electrons. The number of nitrogens with one attached hydrogen (secondary N) is 1. The van der Waals surface area contributed by atoms with Gasteiger partial charge in [-0.05, 0) is 106 Å². The van der Waals surface area contributed by atoms with E-state index in [1.807, 2.05) is 41.1 Å². The van der Waals surface area contributed by atoms with Crippen LogP contribution < -0.4 is 21.7 Å². The molecule has 0 bridgehead atoms. The number of aromatic nitrogens is 6. The molecule has 6 rings (SSSR count). The summed E-state index contributed by atoms with van der Waals surface area (Å²) in [6.07, 6.45) is 3.07. The highest BCUT2D eigenvalue weighted by molar-refractivity contribution is 9.11. The lowest BCUT2D eigenvalue weighted by Gasteiger charge is -2.16. The zero-order valence-electron chi connectivity index (χ0n) is 26.1. The Bertz CT molecular complexity index is 2150. The van der Waals surface area contributed by atoms with E-state index in [1.54, 1.807) is 61.3 Å². The van der Waals surface area contributed by atoms with Crippen molar-refractivity contribution in [2.75, 3.05) is 37.7 Å². The maximum Gasteiger partial charge on any atom is 0.224 e. The zero-order chi connectivity index (χ0) is 35.9. The van der Waals surface area contributed by atoms with E-state index in [4.69, 9.17) is 40.5 Å². The van der Waals surface area contributed by atoms with E-state index in [2.05, 4.69) is 67.1 Å². The van der Waals surface area contributed by atoms with Crippen LogP contribution in [0.15, 0.2) is 79.5 Å². The summed E-state index contributed by atoms with van der Waals surface area (Å²) in [5.74, 6) is 0.520. The number of nitrogens with zero attached hydrogens (tertiary/aromatic N) is 6. The molecule has 4 heterocycles. The molecule has 0 aliphatic carbocycles. The first kappa shape index (κ1) is 39.5. The lowest BCUT2D eigenvalue weighted by molar-refractivity contribution is 0.587. The van der Waals surface area contributed by atoms with E-state index in [9.17, 15) is 9.13 Å². The molecule has 3 N–H and O–H groups in total. The minimum absolute atomic E-state index is 0.137. The monoisotopic (exact) mass is 920 g/mol. The summed E-state index contributed by atoms with van der Waals surface area (Å²) >= 11 is 26.3. The number of nitrogen functional groups attached to an aromatic ring is 1. The van der Waals surface area contributed by atoms with Crippen molar-refractivity contribution in [3.05, 3.63) is 95.2 Å². The average molecular weight is 924 g/mol. The van der Waals surface area contributed by atoms with Crippen LogP contribution in [0.4, 0.5) is 17.2 Å². The van der Waals surface area contributed by atoms with Gasteiger partial charge in [0.25, 0.3) is 0 Å². The number of halogens is 5. The minimum Gasteiger partial charge on any atom is -0.398 e. The second-order valence-corrected chi connectivity index (χ2v) is 21.2. The Balaban J connectivity index is 0.000000185. The van der Waals surface area contributed by atoms with Gasteiger partial charge in [-0.2, -0.15) is 4.98 Å². The Morgan fingerprint density at radius 3 is 1.71 bits per heavy atom. The van der Waals surface area contributed by atoms with Crippen LogP contribution in [0.3, 0.4) is 0 Å². The van der Waals surface area contributed by atoms with Crippen LogP contribution in [0.5, 0.6) is 0 Å². The highest BCUT2D eigenvalue weighted by Gasteiger charge is 2.19. The fourth-order valence-corrected chi connectivity index (χ4v) is 8.36. The molecule has 0 fully saturated rings. The zero-order valence-corrected chi connectivity index (χ0v) is 35.0. The number of nitrogens with two attached hydrogens (primary N) is 1. The molecule has 19 heteroatoms. The largest absolute Gasteiger partial charge is 0.398 e. The van der Waals surface area contributed by atoms with E-state index >= 15 is 0 Å². The van der Waals surface area contributed by atoms with Crippen LogP contribution >= 0.6 is 104 Å². The predicted molar refractivity (Wildman–Crippen MR) is 215 cm³/mol. The molecule has 0 amide bonds. The number of anilines is 3. The van der Waals surface area contributed by atoms with E-state index < -0.39 is 14.3 Å². The molecule has 2 aromatic carbocycles. The van der Waals surface area contributed by atoms with Gasteiger partial charge in [0.15, 0.2) is 0 Å². The summed E-state index contributed by atoms with van der Waals surface area (Å²) in [5, 5.41) is 9.20. The van der Waals surface area contributed by atoms with Crippen molar-refractivity contribution in [2.45, 2.75) is 0 Å². The Hall–Kier alpha value is -2.25. The highest BCUT2D eigenvalue weighted by atomic mass is 79.9. The summed E-state index contributed by atoms with van der Waals surface area (Å²) in [7, 11) is -4.86. The van der Waals surface area contributed by atoms with Gasteiger partial charge in [0, 0.05) is 50.6 Å². The third-order valence-corrected chi connectivity index (χ3v) is 12.6. The topological polar surface area (TPSA) is 150 Å². The standard InChI is InChI=1S/C15H13BrClN4OPS.C11H13N2OPS.C4HBrCl2N2/c1-23(2,22)13-5-9(12-7-24-8-19-12)3-4-11(13)20-14-10(16)6-18-15(17)21-14;1-15(2,14)11-5-8(3-4-9(11)12)10-6-16-7-13-10;5-2-1-8-4(7)9-3(2)6/h3-8H,1-2H3,(H,18,20,21);3-7H,12H2,1-2H3;1H. The molecule has 6 aromatic rings. The van der Waals surface area contributed by atoms with Gasteiger partial charge in [-0.3, -0.25) is 0 Å². The summed E-state index contributed by atoms with van der Waals surface area (Å²) in [5.41, 5.74) is 14.4. The first-order chi connectivity index (χ1) is 23.0. The van der Waals surface area contributed by atoms with Gasteiger partial charge in [0.05, 0.1) is 37.0 Å². The van der Waals surface area contributed by atoms with Crippen LogP contribution in [0.25, 0.3) is 22.5 Å². The smallest absolute Gasteiger partial charge is 0.224 e. The number of hydrogen-bond acceptors (Lipinski definition) is 12. The van der Waals surface area contributed by atoms with Gasteiger partial charge in [-0.15, -0.1) is 22.7 Å². The van der Waals surface area contributed by atoms with Gasteiger partial charge in [-0.1, -0.05) is 23.7 Å². The minimum atomic E-state index is -2.53. The molecular formula is C30H27Br2Cl3N8O2P2S2. The quantitative estimate of drug-likeness (QED) is 0.0715. The second-order valence-electron chi connectivity index (χ2n) is 10.7. The van der Waals surface area contributed by atoms with Crippen LogP contribution in [0, 0.1) is 0 Å². The van der Waals surface area contributed by atoms with Crippen LogP contribution in [-0.2, 0) is 9.13 Å². The van der Waals surface area contributed by atoms with Gasteiger partial charge >= 0.3 is 0 Å². The van der Waals surface area contributed by atoms with Crippen molar-refractivity contribution in [1.29, 1.82) is 0 Å². The molecule has 49 heavy (non-hydrogen) atoms. The highest BCUT2D eigenvalue weighted by Crippen LogP contribution is 2.41. The van der Waals surface area contributed by atoms with Crippen molar-refractivity contribution >= 4 is 131 Å². The SMILES string of the molecule is CP(C)(=O)c1cc(-c2cscn2)ccc1N.CP(C)(=O)c1cc(-c2cscn2)ccc1Nc1nc(Cl)ncc1Br.Clc1ncc(Br)c(Cl)n1. The lowest BCUT2D eigenvalue weighted by Crippen LogP contribution is -2.11. The Morgan fingerprint density at radius 1 is 0.714 bits per heavy atom. The van der Waals surface area contributed by atoms with Crippen molar-refractivity contribution in [2.24, 2.45) is 0 Å². The Labute approximate surface area is 323 Å². The average Bonchev–Trinajstić information content (AvgIpc) is 3.77. The number of rotatable bonds is 6. The normalized spacial score (nSPS) is 11.2. The molecule has 10 nitrogen and oxygen atoms in total. The fraction of sp³-hybridized carbons (Fsp3) is 0.133. The molecule has 0 aliphatic heterocycles. The molecule has 0 aliphatic rings. The van der Waals surface area contributed by atoms with Gasteiger partial charge in [-0.25, -0.2) is 24.9 Å². The number of thiazole rings is 2. The molecular weight excluding hydrogens is 897 g/mol. The first-order valence-corrected chi connectivity index (χ1v) is 23.5.